The van der Waals surface area contributed by atoms with Crippen LogP contribution in [0.4, 0.5) is 4.79 Å². The van der Waals surface area contributed by atoms with Crippen molar-refractivity contribution in [3.63, 3.8) is 0 Å². The predicted octanol–water partition coefficient (Wildman–Crippen LogP) is 6.11. The number of rotatable bonds is 4. The molecule has 3 heterocycles. The van der Waals surface area contributed by atoms with Crippen molar-refractivity contribution in [1.82, 2.24) is 10.2 Å². The number of carbonyl (C=O) groups is 1. The minimum Gasteiger partial charge on any atom is -0.495 e. The molecule has 4 aliphatic rings. The molecule has 3 fully saturated rings. The number of nitrogens with zero attached hydrogens (tertiary/aromatic N) is 1. The molecule has 6 rings (SSSR count). The van der Waals surface area contributed by atoms with E-state index in [1.165, 1.54) is 5.56 Å². The lowest BCUT2D eigenvalue weighted by atomic mass is 9.85. The Hall–Kier alpha value is -1.95. The Bertz CT molecular complexity index is 1080. The smallest absolute Gasteiger partial charge is 0.407 e. The van der Waals surface area contributed by atoms with Gasteiger partial charge in [0, 0.05) is 12.1 Å². The van der Waals surface area contributed by atoms with Crippen molar-refractivity contribution in [2.75, 3.05) is 26.7 Å². The summed E-state index contributed by atoms with van der Waals surface area (Å²) >= 11 is 12.9. The molecular formula is C26H30Cl2N2O3. The Morgan fingerprint density at radius 3 is 2.55 bits per heavy atom. The highest BCUT2D eigenvalue weighted by atomic mass is 35.5. The monoisotopic (exact) mass is 488 g/mol. The van der Waals surface area contributed by atoms with Gasteiger partial charge in [0.1, 0.15) is 16.9 Å². The second-order valence-corrected chi connectivity index (χ2v) is 10.9. The van der Waals surface area contributed by atoms with Gasteiger partial charge < -0.3 is 14.8 Å². The predicted molar refractivity (Wildman–Crippen MR) is 131 cm³/mol. The van der Waals surface area contributed by atoms with Crippen LogP contribution in [0.5, 0.6) is 5.75 Å². The van der Waals surface area contributed by atoms with E-state index in [9.17, 15) is 4.79 Å². The van der Waals surface area contributed by atoms with Crippen molar-refractivity contribution >= 4 is 29.3 Å². The highest BCUT2D eigenvalue weighted by molar-refractivity contribution is 6.44. The number of ether oxygens (including phenoxy) is 2. The van der Waals surface area contributed by atoms with E-state index in [1.807, 2.05) is 18.2 Å². The van der Waals surface area contributed by atoms with Gasteiger partial charge in [0.05, 0.1) is 18.2 Å². The number of amides is 1. The molecule has 2 bridgehead atoms. The fraction of sp³-hybridized carbons (Fsp3) is 0.500. The number of fused-ring (bicyclic) bond motifs is 4. The Morgan fingerprint density at radius 1 is 1.12 bits per heavy atom. The van der Waals surface area contributed by atoms with Crippen LogP contribution in [0.15, 0.2) is 30.3 Å². The normalized spacial score (nSPS) is 27.2. The Labute approximate surface area is 205 Å². The number of alkyl carbamates (subject to hydrolysis) is 1. The largest absolute Gasteiger partial charge is 0.495 e. The molecule has 0 saturated carbocycles. The number of benzene rings is 2. The first-order chi connectivity index (χ1) is 15.8. The van der Waals surface area contributed by atoms with Crippen molar-refractivity contribution in [2.45, 2.75) is 45.3 Å². The molecule has 7 heteroatoms. The number of halogens is 2. The SMILES string of the molecule is COc1ccc(-c2ccc3c(c2)CC(C)(C)C3NC(=O)O[C@H]2CN3CCC2CC3)c(Cl)c1Cl. The molecule has 2 atom stereocenters. The molecule has 3 aliphatic heterocycles. The molecule has 0 spiro atoms. The van der Waals surface area contributed by atoms with Gasteiger partial charge in [-0.3, -0.25) is 4.90 Å². The van der Waals surface area contributed by atoms with Crippen LogP contribution in [-0.2, 0) is 11.2 Å². The van der Waals surface area contributed by atoms with E-state index in [-0.39, 0.29) is 23.7 Å². The topological polar surface area (TPSA) is 50.8 Å². The summed E-state index contributed by atoms with van der Waals surface area (Å²) in [6.07, 6.45) is 2.78. The standard InChI is InChI=1S/C26H30Cl2N2O3/c1-26(2)13-17-12-16(18-6-7-20(32-3)23(28)22(18)27)4-5-19(17)24(26)29-25(31)33-21-14-30-10-8-15(21)9-11-30/h4-7,12,15,21,24H,8-11,13-14H2,1-3H3,(H,29,31)/t21-,24?/m0/s1. The fourth-order valence-corrected chi connectivity index (χ4v) is 6.25. The van der Waals surface area contributed by atoms with Gasteiger partial charge >= 0.3 is 6.09 Å². The summed E-state index contributed by atoms with van der Waals surface area (Å²) in [4.78, 5) is 15.3. The number of nitrogens with one attached hydrogen (secondary N) is 1. The molecule has 0 radical (unpaired) electrons. The summed E-state index contributed by atoms with van der Waals surface area (Å²) in [5.41, 5.74) is 4.06. The molecule has 2 aromatic rings. The average Bonchev–Trinajstić information content (AvgIpc) is 3.05. The highest BCUT2D eigenvalue weighted by Gasteiger charge is 2.42. The highest BCUT2D eigenvalue weighted by Crippen LogP contribution is 2.47. The van der Waals surface area contributed by atoms with Crippen LogP contribution in [0.25, 0.3) is 11.1 Å². The minimum atomic E-state index is -0.311. The molecule has 3 saturated heterocycles. The van der Waals surface area contributed by atoms with Crippen LogP contribution in [0, 0.1) is 11.3 Å². The number of hydrogen-bond acceptors (Lipinski definition) is 4. The quantitative estimate of drug-likeness (QED) is 0.563. The molecule has 176 valence electrons. The van der Waals surface area contributed by atoms with E-state index in [4.69, 9.17) is 32.7 Å². The summed E-state index contributed by atoms with van der Waals surface area (Å²) in [5, 5.41) is 4.07. The number of hydrogen-bond donors (Lipinski definition) is 1. The van der Waals surface area contributed by atoms with Gasteiger partial charge in [-0.1, -0.05) is 55.2 Å². The van der Waals surface area contributed by atoms with Gasteiger partial charge in [-0.05, 0) is 72.5 Å². The fourth-order valence-electron chi connectivity index (χ4n) is 5.74. The van der Waals surface area contributed by atoms with E-state index >= 15 is 0 Å². The second kappa shape index (κ2) is 8.68. The lowest BCUT2D eigenvalue weighted by Crippen LogP contribution is -2.53. The maximum atomic E-state index is 12.9. The molecule has 1 amide bonds. The lowest BCUT2D eigenvalue weighted by molar-refractivity contribution is -0.0348. The van der Waals surface area contributed by atoms with Gasteiger partial charge in [0.15, 0.2) is 0 Å². The third-order valence-corrected chi connectivity index (χ3v) is 8.44. The van der Waals surface area contributed by atoms with E-state index in [0.29, 0.717) is 21.7 Å². The zero-order chi connectivity index (χ0) is 23.3. The maximum Gasteiger partial charge on any atom is 0.407 e. The third-order valence-electron chi connectivity index (χ3n) is 7.58. The van der Waals surface area contributed by atoms with Gasteiger partial charge in [-0.25, -0.2) is 4.79 Å². The summed E-state index contributed by atoms with van der Waals surface area (Å²) < 4.78 is 11.2. The number of carbonyl (C=O) groups excluding carboxylic acids is 1. The third kappa shape index (κ3) is 4.20. The summed E-state index contributed by atoms with van der Waals surface area (Å²) in [5.74, 6) is 1.05. The first-order valence-corrected chi connectivity index (χ1v) is 12.4. The van der Waals surface area contributed by atoms with Crippen molar-refractivity contribution < 1.29 is 14.3 Å². The second-order valence-electron chi connectivity index (χ2n) is 10.2. The molecule has 5 nitrogen and oxygen atoms in total. The van der Waals surface area contributed by atoms with E-state index in [2.05, 4.69) is 36.2 Å². The van der Waals surface area contributed by atoms with Crippen LogP contribution in [-0.4, -0.2) is 43.8 Å². The Kier molecular flexibility index (Phi) is 6.00. The molecule has 2 aromatic carbocycles. The molecular weight excluding hydrogens is 459 g/mol. The maximum absolute atomic E-state index is 12.9. The first-order valence-electron chi connectivity index (χ1n) is 11.6. The molecule has 0 aromatic heterocycles. The van der Waals surface area contributed by atoms with Gasteiger partial charge in [0.2, 0.25) is 0 Å². The minimum absolute atomic E-state index is 0.000763. The molecule has 1 N–H and O–H groups in total. The summed E-state index contributed by atoms with van der Waals surface area (Å²) in [7, 11) is 1.57. The van der Waals surface area contributed by atoms with Crippen molar-refractivity contribution in [2.24, 2.45) is 11.3 Å². The zero-order valence-corrected chi connectivity index (χ0v) is 20.8. The number of piperidine rings is 3. The molecule has 33 heavy (non-hydrogen) atoms. The molecule has 1 aliphatic carbocycles. The van der Waals surface area contributed by atoms with Gasteiger partial charge in [-0.2, -0.15) is 0 Å². The average molecular weight is 489 g/mol. The zero-order valence-electron chi connectivity index (χ0n) is 19.3. The van der Waals surface area contributed by atoms with E-state index in [0.717, 1.165) is 55.6 Å². The van der Waals surface area contributed by atoms with Crippen molar-refractivity contribution in [3.8, 4) is 16.9 Å². The van der Waals surface area contributed by atoms with Crippen LogP contribution in [0.1, 0.15) is 43.9 Å². The molecule has 1 unspecified atom stereocenters. The van der Waals surface area contributed by atoms with Crippen LogP contribution < -0.4 is 10.1 Å². The Morgan fingerprint density at radius 2 is 1.88 bits per heavy atom. The lowest BCUT2D eigenvalue weighted by Gasteiger charge is -2.44. The number of methoxy groups -OCH3 is 1. The summed E-state index contributed by atoms with van der Waals surface area (Å²) in [6.45, 7) is 7.48. The first kappa shape index (κ1) is 22.8. The van der Waals surface area contributed by atoms with E-state index in [1.54, 1.807) is 7.11 Å². The van der Waals surface area contributed by atoms with Crippen LogP contribution >= 0.6 is 23.2 Å². The van der Waals surface area contributed by atoms with Crippen molar-refractivity contribution in [1.29, 1.82) is 0 Å². The van der Waals surface area contributed by atoms with Gasteiger partial charge in [-0.15, -0.1) is 0 Å². The van der Waals surface area contributed by atoms with Crippen LogP contribution in [0.2, 0.25) is 10.0 Å². The summed E-state index contributed by atoms with van der Waals surface area (Å²) in [6, 6.07) is 9.93. The van der Waals surface area contributed by atoms with Gasteiger partial charge in [0.25, 0.3) is 0 Å². The Balaban J connectivity index is 1.35. The van der Waals surface area contributed by atoms with E-state index < -0.39 is 0 Å². The van der Waals surface area contributed by atoms with Crippen LogP contribution in [0.3, 0.4) is 0 Å². The van der Waals surface area contributed by atoms with Crippen molar-refractivity contribution in [3.05, 3.63) is 51.5 Å².